The zero-order chi connectivity index (χ0) is 9.26. The topological polar surface area (TPSA) is 65.7 Å². The lowest BCUT2D eigenvalue weighted by molar-refractivity contribution is -0.496. The lowest BCUT2D eigenvalue weighted by Crippen LogP contribution is -2.70. The summed E-state index contributed by atoms with van der Waals surface area (Å²) in [5.41, 5.74) is 7.70. The van der Waals surface area contributed by atoms with Crippen LogP contribution in [0.4, 0.5) is 11.4 Å². The highest BCUT2D eigenvalue weighted by molar-refractivity contribution is 5.96. The molecule has 3 nitrogen and oxygen atoms in total. The van der Waals surface area contributed by atoms with Crippen LogP contribution in [-0.2, 0) is 0 Å². The van der Waals surface area contributed by atoms with Gasteiger partial charge in [-0.1, -0.05) is 24.3 Å². The second-order valence-corrected chi connectivity index (χ2v) is 2.91. The summed E-state index contributed by atoms with van der Waals surface area (Å²) in [4.78, 5) is 0. The fraction of sp³-hybridized carbons (Fsp3) is 0. The van der Waals surface area contributed by atoms with E-state index >= 15 is 0 Å². The maximum atomic E-state index is 10.6. The van der Waals surface area contributed by atoms with Crippen LogP contribution in [0.1, 0.15) is 0 Å². The van der Waals surface area contributed by atoms with Crippen LogP contribution in [0.3, 0.4) is 0 Å². The molecule has 0 saturated heterocycles. The van der Waals surface area contributed by atoms with E-state index in [0.29, 0.717) is 11.4 Å². The fourth-order valence-corrected chi connectivity index (χ4v) is 1.42. The van der Waals surface area contributed by atoms with E-state index in [4.69, 9.17) is 5.73 Å². The average molecular weight is 174 g/mol. The van der Waals surface area contributed by atoms with E-state index in [-0.39, 0.29) is 0 Å². The minimum absolute atomic E-state index is 0.554. The van der Waals surface area contributed by atoms with Crippen LogP contribution in [0.15, 0.2) is 36.4 Å². The monoisotopic (exact) mass is 174 g/mol. The van der Waals surface area contributed by atoms with Gasteiger partial charge in [-0.25, -0.2) is 0 Å². The third kappa shape index (κ3) is 1.24. The van der Waals surface area contributed by atoms with Gasteiger partial charge in [0.2, 0.25) is 0 Å². The van der Waals surface area contributed by atoms with Crippen molar-refractivity contribution in [1.82, 2.24) is 0 Å². The van der Waals surface area contributed by atoms with E-state index < -0.39 is 0 Å². The Morgan fingerprint density at radius 1 is 1.08 bits per heavy atom. The molecule has 0 aliphatic carbocycles. The first kappa shape index (κ1) is 8.04. The third-order valence-corrected chi connectivity index (χ3v) is 2.13. The largest absolute Gasteiger partial charge is 0.630 e. The van der Waals surface area contributed by atoms with Crippen molar-refractivity contribution in [3.05, 3.63) is 41.6 Å². The number of quaternary nitrogens is 1. The Kier molecular flexibility index (Phi) is 1.88. The summed E-state index contributed by atoms with van der Waals surface area (Å²) in [7, 11) is 0. The third-order valence-electron chi connectivity index (χ3n) is 2.13. The summed E-state index contributed by atoms with van der Waals surface area (Å²) in [6, 6.07) is 11.4. The highest BCUT2D eigenvalue weighted by Gasteiger charge is 2.03. The Bertz CT molecular complexity index is 440. The number of hydrogen-bond donors (Lipinski definition) is 2. The van der Waals surface area contributed by atoms with Crippen molar-refractivity contribution in [1.29, 1.82) is 0 Å². The first-order valence-electron chi connectivity index (χ1n) is 4.05. The molecular formula is C10H10N2O. The van der Waals surface area contributed by atoms with Crippen molar-refractivity contribution < 1.29 is 5.48 Å². The van der Waals surface area contributed by atoms with Gasteiger partial charge in [-0.2, -0.15) is 0 Å². The van der Waals surface area contributed by atoms with E-state index in [1.807, 2.05) is 30.3 Å². The minimum atomic E-state index is 0.554. The number of nitrogens with two attached hydrogens (primary N) is 2. The van der Waals surface area contributed by atoms with Gasteiger partial charge in [0.25, 0.3) is 0 Å². The Morgan fingerprint density at radius 3 is 2.62 bits per heavy atom. The van der Waals surface area contributed by atoms with Crippen molar-refractivity contribution in [3.8, 4) is 0 Å². The normalized spacial score (nSPS) is 10.5. The van der Waals surface area contributed by atoms with Gasteiger partial charge in [-0.3, -0.25) is 0 Å². The van der Waals surface area contributed by atoms with Crippen LogP contribution in [0.25, 0.3) is 10.8 Å². The number of fused-ring (bicyclic) bond motifs is 1. The van der Waals surface area contributed by atoms with Crippen LogP contribution in [0.2, 0.25) is 0 Å². The van der Waals surface area contributed by atoms with E-state index in [1.165, 1.54) is 0 Å². The van der Waals surface area contributed by atoms with Crippen LogP contribution >= 0.6 is 0 Å². The molecule has 0 amide bonds. The van der Waals surface area contributed by atoms with Gasteiger partial charge in [0.15, 0.2) is 5.69 Å². The van der Waals surface area contributed by atoms with Gasteiger partial charge in [0, 0.05) is 11.5 Å². The number of rotatable bonds is 1. The summed E-state index contributed by atoms with van der Waals surface area (Å²) < 4.78 is 0. The summed E-state index contributed by atoms with van der Waals surface area (Å²) in [6.45, 7) is 0. The maximum Gasteiger partial charge on any atom is 0.153 e. The molecule has 2 rings (SSSR count). The standard InChI is InChI=1S/C10H10N2O/c11-10-8-4-2-1-3-7(8)5-6-9(10)12-13/h1-6H,11-12H2. The Morgan fingerprint density at radius 2 is 1.85 bits per heavy atom. The van der Waals surface area contributed by atoms with E-state index in [0.717, 1.165) is 16.3 Å². The van der Waals surface area contributed by atoms with Gasteiger partial charge < -0.3 is 16.4 Å². The number of hydrogen-bond acceptors (Lipinski definition) is 2. The molecule has 0 aromatic heterocycles. The van der Waals surface area contributed by atoms with Gasteiger partial charge in [-0.05, 0) is 11.5 Å². The summed E-state index contributed by atoms with van der Waals surface area (Å²) in [5, 5.41) is 12.6. The van der Waals surface area contributed by atoms with Crippen LogP contribution in [-0.4, -0.2) is 0 Å². The Hall–Kier alpha value is -1.58. The van der Waals surface area contributed by atoms with E-state index in [9.17, 15) is 5.21 Å². The highest BCUT2D eigenvalue weighted by Crippen LogP contribution is 2.25. The quantitative estimate of drug-likeness (QED) is 0.502. The smallest absolute Gasteiger partial charge is 0.153 e. The molecule has 4 N–H and O–H groups in total. The summed E-state index contributed by atoms with van der Waals surface area (Å²) in [6.07, 6.45) is 0. The molecule has 0 saturated carbocycles. The predicted molar refractivity (Wildman–Crippen MR) is 53.3 cm³/mol. The van der Waals surface area contributed by atoms with Crippen LogP contribution in [0.5, 0.6) is 0 Å². The zero-order valence-electron chi connectivity index (χ0n) is 7.03. The molecule has 0 fully saturated rings. The second-order valence-electron chi connectivity index (χ2n) is 2.91. The summed E-state index contributed by atoms with van der Waals surface area (Å²) in [5.74, 6) is 0. The molecule has 2 aromatic rings. The molecule has 0 aliphatic heterocycles. The van der Waals surface area contributed by atoms with Crippen LogP contribution < -0.4 is 11.2 Å². The van der Waals surface area contributed by atoms with Crippen LogP contribution in [0, 0.1) is 5.21 Å². The lowest BCUT2D eigenvalue weighted by atomic mass is 10.1. The molecule has 2 aromatic carbocycles. The van der Waals surface area contributed by atoms with Gasteiger partial charge in [0.1, 0.15) is 5.69 Å². The Balaban J connectivity index is 2.79. The van der Waals surface area contributed by atoms with Gasteiger partial charge >= 0.3 is 0 Å². The highest BCUT2D eigenvalue weighted by atomic mass is 16.5. The van der Waals surface area contributed by atoms with Crippen molar-refractivity contribution in [2.75, 3.05) is 5.73 Å². The summed E-state index contributed by atoms with van der Waals surface area (Å²) >= 11 is 0. The molecule has 3 heteroatoms. The van der Waals surface area contributed by atoms with E-state index in [1.54, 1.807) is 6.07 Å². The molecule has 0 aliphatic rings. The molecule has 0 bridgehead atoms. The lowest BCUT2D eigenvalue weighted by Gasteiger charge is -2.07. The molecule has 0 spiro atoms. The molecule has 0 heterocycles. The van der Waals surface area contributed by atoms with Crippen molar-refractivity contribution in [2.45, 2.75) is 0 Å². The predicted octanol–water partition coefficient (Wildman–Crippen LogP) is 1.11. The minimum Gasteiger partial charge on any atom is -0.630 e. The number of anilines is 1. The SMILES string of the molecule is Nc1c([NH2+][O-])ccc2ccccc12. The Labute approximate surface area is 75.8 Å². The molecular weight excluding hydrogens is 164 g/mol. The first-order valence-corrected chi connectivity index (χ1v) is 4.05. The molecule has 0 radical (unpaired) electrons. The molecule has 0 atom stereocenters. The maximum absolute atomic E-state index is 10.6. The fourth-order valence-electron chi connectivity index (χ4n) is 1.42. The second kappa shape index (κ2) is 3.05. The molecule has 0 unspecified atom stereocenters. The van der Waals surface area contributed by atoms with Crippen molar-refractivity contribution in [3.63, 3.8) is 0 Å². The van der Waals surface area contributed by atoms with Crippen molar-refractivity contribution in [2.24, 2.45) is 0 Å². The molecule has 13 heavy (non-hydrogen) atoms. The number of nitrogen functional groups attached to an aromatic ring is 1. The first-order chi connectivity index (χ1) is 6.33. The van der Waals surface area contributed by atoms with E-state index in [2.05, 4.69) is 0 Å². The van der Waals surface area contributed by atoms with Gasteiger partial charge in [0.05, 0.1) is 0 Å². The average Bonchev–Trinajstić information content (AvgIpc) is 2.19. The number of benzene rings is 2. The van der Waals surface area contributed by atoms with Gasteiger partial charge in [-0.15, -0.1) is 0 Å². The molecule has 66 valence electrons. The van der Waals surface area contributed by atoms with Crippen molar-refractivity contribution >= 4 is 22.1 Å². The zero-order valence-corrected chi connectivity index (χ0v) is 7.03.